The molecule has 0 amide bonds. The lowest BCUT2D eigenvalue weighted by Crippen LogP contribution is -2.33. The van der Waals surface area contributed by atoms with E-state index in [1.54, 1.807) is 20.8 Å². The smallest absolute Gasteiger partial charge is 0.330 e. The molecule has 0 radical (unpaired) electrons. The van der Waals surface area contributed by atoms with E-state index in [9.17, 15) is 9.59 Å². The molecule has 0 bridgehead atoms. The molecule has 0 rings (SSSR count). The number of ether oxygens (including phenoxy) is 2. The van der Waals surface area contributed by atoms with Gasteiger partial charge in [-0.3, -0.25) is 4.79 Å². The fourth-order valence-corrected chi connectivity index (χ4v) is 0.851. The molecule has 0 spiro atoms. The van der Waals surface area contributed by atoms with Crippen LogP contribution >= 0.6 is 0 Å². The molecule has 0 aliphatic carbocycles. The Morgan fingerprint density at radius 3 is 2.50 bits per heavy atom. The number of esters is 2. The maximum absolute atomic E-state index is 11.2. The minimum absolute atomic E-state index is 0.100. The molecular weight excluding hydrogens is 210 g/mol. The molecule has 0 aliphatic heterocycles. The Morgan fingerprint density at radius 1 is 1.38 bits per heavy atom. The third kappa shape index (κ3) is 9.21. The highest BCUT2D eigenvalue weighted by Crippen LogP contribution is 2.05. The normalized spacial score (nSPS) is 10.7. The van der Waals surface area contributed by atoms with Gasteiger partial charge in [-0.25, -0.2) is 4.79 Å². The van der Waals surface area contributed by atoms with E-state index in [-0.39, 0.29) is 19.1 Å². The van der Waals surface area contributed by atoms with Crippen LogP contribution in [0.25, 0.3) is 0 Å². The highest BCUT2D eigenvalue weighted by molar-refractivity contribution is 5.81. The second-order valence-electron chi connectivity index (χ2n) is 4.13. The molecule has 16 heavy (non-hydrogen) atoms. The Morgan fingerprint density at radius 2 is 2.00 bits per heavy atom. The Labute approximate surface area is 95.8 Å². The molecule has 0 aromatic rings. The van der Waals surface area contributed by atoms with Gasteiger partial charge in [0.1, 0.15) is 12.2 Å². The van der Waals surface area contributed by atoms with Crippen LogP contribution in [0.1, 0.15) is 20.8 Å². The number of nitrogens with one attached hydrogen (secondary N) is 1. The van der Waals surface area contributed by atoms with Gasteiger partial charge in [0.05, 0.1) is 6.54 Å². The van der Waals surface area contributed by atoms with Gasteiger partial charge in [-0.15, -0.1) is 0 Å². The van der Waals surface area contributed by atoms with Gasteiger partial charge < -0.3 is 14.8 Å². The molecule has 1 N–H and O–H groups in total. The largest absolute Gasteiger partial charge is 0.461 e. The SMILES string of the molecule is C=CC(=O)OCCNCC(=O)OC(C)(C)C. The third-order valence-electron chi connectivity index (χ3n) is 1.38. The molecule has 0 unspecified atom stereocenters. The molecule has 5 heteroatoms. The van der Waals surface area contributed by atoms with Crippen molar-refractivity contribution in [2.45, 2.75) is 26.4 Å². The number of carbonyl (C=O) groups is 2. The van der Waals surface area contributed by atoms with Crippen molar-refractivity contribution in [2.24, 2.45) is 0 Å². The fraction of sp³-hybridized carbons (Fsp3) is 0.636. The zero-order valence-corrected chi connectivity index (χ0v) is 10.0. The summed E-state index contributed by atoms with van der Waals surface area (Å²) in [5.41, 5.74) is -0.478. The molecule has 0 saturated heterocycles. The van der Waals surface area contributed by atoms with Gasteiger partial charge in [0.2, 0.25) is 0 Å². The van der Waals surface area contributed by atoms with E-state index in [2.05, 4.69) is 11.9 Å². The summed E-state index contributed by atoms with van der Waals surface area (Å²) in [5.74, 6) is -0.804. The topological polar surface area (TPSA) is 64.6 Å². The Hall–Kier alpha value is -1.36. The lowest BCUT2D eigenvalue weighted by molar-refractivity contribution is -0.153. The first-order valence-corrected chi connectivity index (χ1v) is 5.07. The summed E-state index contributed by atoms with van der Waals surface area (Å²) in [7, 11) is 0. The van der Waals surface area contributed by atoms with Crippen LogP contribution in [0.5, 0.6) is 0 Å². The average molecular weight is 229 g/mol. The number of carbonyl (C=O) groups excluding carboxylic acids is 2. The highest BCUT2D eigenvalue weighted by atomic mass is 16.6. The Kier molecular flexibility index (Phi) is 6.41. The number of hydrogen-bond donors (Lipinski definition) is 1. The molecule has 0 saturated carbocycles. The van der Waals surface area contributed by atoms with E-state index in [0.29, 0.717) is 6.54 Å². The van der Waals surface area contributed by atoms with Gasteiger partial charge >= 0.3 is 11.9 Å². The van der Waals surface area contributed by atoms with Crippen LogP contribution in [-0.2, 0) is 19.1 Å². The first kappa shape index (κ1) is 14.6. The summed E-state index contributed by atoms with van der Waals surface area (Å²) >= 11 is 0. The summed E-state index contributed by atoms with van der Waals surface area (Å²) in [5, 5.41) is 2.80. The van der Waals surface area contributed by atoms with Crippen LogP contribution in [0.15, 0.2) is 12.7 Å². The van der Waals surface area contributed by atoms with Gasteiger partial charge in [-0.05, 0) is 20.8 Å². The third-order valence-corrected chi connectivity index (χ3v) is 1.38. The molecular formula is C11H19NO4. The molecule has 0 atom stereocenters. The van der Waals surface area contributed by atoms with Crippen LogP contribution < -0.4 is 5.32 Å². The number of hydrogen-bond acceptors (Lipinski definition) is 5. The van der Waals surface area contributed by atoms with Gasteiger partial charge in [-0.1, -0.05) is 6.58 Å². The Bertz CT molecular complexity index is 255. The van der Waals surface area contributed by atoms with Crippen LogP contribution in [-0.4, -0.2) is 37.2 Å². The highest BCUT2D eigenvalue weighted by Gasteiger charge is 2.15. The minimum Gasteiger partial charge on any atom is -0.461 e. The maximum Gasteiger partial charge on any atom is 0.330 e. The van der Waals surface area contributed by atoms with Crippen molar-refractivity contribution in [3.63, 3.8) is 0 Å². The van der Waals surface area contributed by atoms with Crippen molar-refractivity contribution in [1.29, 1.82) is 0 Å². The molecule has 0 aromatic carbocycles. The predicted molar refractivity (Wildman–Crippen MR) is 59.9 cm³/mol. The molecule has 0 heterocycles. The summed E-state index contributed by atoms with van der Waals surface area (Å²) in [6, 6.07) is 0. The van der Waals surface area contributed by atoms with Gasteiger partial charge in [0, 0.05) is 12.6 Å². The van der Waals surface area contributed by atoms with E-state index in [4.69, 9.17) is 9.47 Å². The minimum atomic E-state index is -0.478. The summed E-state index contributed by atoms with van der Waals surface area (Å²) in [4.78, 5) is 21.8. The van der Waals surface area contributed by atoms with Gasteiger partial charge in [0.15, 0.2) is 0 Å². The van der Waals surface area contributed by atoms with E-state index < -0.39 is 11.6 Å². The quantitative estimate of drug-likeness (QED) is 0.411. The first-order chi connectivity index (χ1) is 7.35. The zero-order valence-electron chi connectivity index (χ0n) is 10.0. The molecule has 0 fully saturated rings. The lowest BCUT2D eigenvalue weighted by Gasteiger charge is -2.19. The Balaban J connectivity index is 3.49. The van der Waals surface area contributed by atoms with Crippen LogP contribution in [0.2, 0.25) is 0 Å². The second kappa shape index (κ2) is 7.00. The van der Waals surface area contributed by atoms with Crippen LogP contribution in [0.3, 0.4) is 0 Å². The maximum atomic E-state index is 11.2. The monoisotopic (exact) mass is 229 g/mol. The average Bonchev–Trinajstić information content (AvgIpc) is 2.14. The van der Waals surface area contributed by atoms with E-state index in [1.807, 2.05) is 0 Å². The zero-order chi connectivity index (χ0) is 12.6. The molecule has 0 aliphatic rings. The molecule has 5 nitrogen and oxygen atoms in total. The summed E-state index contributed by atoms with van der Waals surface area (Å²) < 4.78 is 9.76. The van der Waals surface area contributed by atoms with Crippen LogP contribution in [0, 0.1) is 0 Å². The van der Waals surface area contributed by atoms with E-state index in [1.165, 1.54) is 0 Å². The fourth-order valence-electron chi connectivity index (χ4n) is 0.851. The molecule has 92 valence electrons. The first-order valence-electron chi connectivity index (χ1n) is 5.07. The standard InChI is InChI=1S/C11H19NO4/c1-5-9(13)15-7-6-12-8-10(14)16-11(2,3)4/h5,12H,1,6-8H2,2-4H3. The van der Waals surface area contributed by atoms with Crippen LogP contribution in [0.4, 0.5) is 0 Å². The lowest BCUT2D eigenvalue weighted by atomic mass is 10.2. The van der Waals surface area contributed by atoms with Crippen molar-refractivity contribution in [2.75, 3.05) is 19.7 Å². The van der Waals surface area contributed by atoms with E-state index in [0.717, 1.165) is 6.08 Å². The molecule has 0 aromatic heterocycles. The van der Waals surface area contributed by atoms with Crippen molar-refractivity contribution < 1.29 is 19.1 Å². The second-order valence-corrected chi connectivity index (χ2v) is 4.13. The summed E-state index contributed by atoms with van der Waals surface area (Å²) in [6.07, 6.45) is 1.09. The van der Waals surface area contributed by atoms with Crippen molar-refractivity contribution in [3.8, 4) is 0 Å². The van der Waals surface area contributed by atoms with Gasteiger partial charge in [0.25, 0.3) is 0 Å². The number of rotatable bonds is 6. The van der Waals surface area contributed by atoms with Crippen molar-refractivity contribution >= 4 is 11.9 Å². The van der Waals surface area contributed by atoms with E-state index >= 15 is 0 Å². The van der Waals surface area contributed by atoms with Crippen molar-refractivity contribution in [3.05, 3.63) is 12.7 Å². The van der Waals surface area contributed by atoms with Crippen molar-refractivity contribution in [1.82, 2.24) is 5.32 Å². The summed E-state index contributed by atoms with van der Waals surface area (Å²) in [6.45, 7) is 9.37. The van der Waals surface area contributed by atoms with Gasteiger partial charge in [-0.2, -0.15) is 0 Å². The predicted octanol–water partition coefficient (Wildman–Crippen LogP) is 0.647.